The molecule has 160 valence electrons. The van der Waals surface area contributed by atoms with Crippen LogP contribution in [0.4, 0.5) is 11.4 Å². The number of rotatable bonds is 6. The van der Waals surface area contributed by atoms with Crippen LogP contribution in [0.2, 0.25) is 0 Å². The zero-order valence-corrected chi connectivity index (χ0v) is 17.9. The third kappa shape index (κ3) is 4.92. The first kappa shape index (κ1) is 21.1. The van der Waals surface area contributed by atoms with Crippen molar-refractivity contribution in [3.05, 3.63) is 95.6 Å². The number of hydrogen-bond donors (Lipinski definition) is 1. The third-order valence-electron chi connectivity index (χ3n) is 4.96. The van der Waals surface area contributed by atoms with Gasteiger partial charge in [-0.1, -0.05) is 48.0 Å². The van der Waals surface area contributed by atoms with Crippen LogP contribution in [0.5, 0.6) is 5.75 Å². The van der Waals surface area contributed by atoms with Crippen molar-refractivity contribution in [1.29, 1.82) is 0 Å². The predicted octanol–water partition coefficient (Wildman–Crippen LogP) is 4.82. The summed E-state index contributed by atoms with van der Waals surface area (Å²) in [4.78, 5) is 24.9. The average Bonchev–Trinajstić information content (AvgIpc) is 3.09. The Balaban J connectivity index is 1.37. The summed E-state index contributed by atoms with van der Waals surface area (Å²) in [6.45, 7) is 3.71. The number of para-hydroxylation sites is 1. The van der Waals surface area contributed by atoms with Gasteiger partial charge in [0.15, 0.2) is 6.61 Å². The van der Waals surface area contributed by atoms with E-state index in [1.165, 1.54) is 5.01 Å². The van der Waals surface area contributed by atoms with Crippen LogP contribution in [0.1, 0.15) is 18.1 Å². The number of hydrazone groups is 1. The van der Waals surface area contributed by atoms with Crippen molar-refractivity contribution >= 4 is 35.0 Å². The molecule has 0 unspecified atom stereocenters. The van der Waals surface area contributed by atoms with E-state index in [1.54, 1.807) is 18.2 Å². The van der Waals surface area contributed by atoms with Crippen LogP contribution in [-0.2, 0) is 9.59 Å². The zero-order chi connectivity index (χ0) is 22.5. The summed E-state index contributed by atoms with van der Waals surface area (Å²) in [5.41, 5.74) is 4.63. The predicted molar refractivity (Wildman–Crippen MR) is 127 cm³/mol. The van der Waals surface area contributed by atoms with Crippen molar-refractivity contribution < 1.29 is 14.3 Å². The first-order valence-electron chi connectivity index (χ1n) is 10.3. The number of nitrogens with zero attached hydrogens (tertiary/aromatic N) is 2. The van der Waals surface area contributed by atoms with Crippen molar-refractivity contribution in [2.24, 2.45) is 5.10 Å². The number of carbonyl (C=O) groups is 2. The molecule has 2 amide bonds. The van der Waals surface area contributed by atoms with Crippen molar-refractivity contribution in [3.63, 3.8) is 0 Å². The van der Waals surface area contributed by atoms with Crippen LogP contribution in [0, 0.1) is 6.92 Å². The summed E-state index contributed by atoms with van der Waals surface area (Å²) in [5, 5.41) is 8.59. The van der Waals surface area contributed by atoms with Crippen LogP contribution >= 0.6 is 0 Å². The van der Waals surface area contributed by atoms with Crippen molar-refractivity contribution in [2.75, 3.05) is 16.9 Å². The standard InChI is InChI=1S/C26H23N3O3/c1-18-8-12-21(13-9-18)27-25(30)17-32-23-14-10-20(11-15-23)16-24-19(2)28-29(26(24)31)22-6-4-3-5-7-22/h3-16H,17H2,1-2H3,(H,27,30). The van der Waals surface area contributed by atoms with E-state index in [9.17, 15) is 9.59 Å². The van der Waals surface area contributed by atoms with Gasteiger partial charge in [0.1, 0.15) is 5.75 Å². The molecule has 4 rings (SSSR count). The number of amides is 2. The van der Waals surface area contributed by atoms with E-state index >= 15 is 0 Å². The van der Waals surface area contributed by atoms with Crippen LogP contribution in [0.3, 0.4) is 0 Å². The fraction of sp³-hybridized carbons (Fsp3) is 0.115. The molecule has 1 heterocycles. The molecule has 0 atom stereocenters. The molecular weight excluding hydrogens is 402 g/mol. The summed E-state index contributed by atoms with van der Waals surface area (Å²) in [6, 6.07) is 24.1. The minimum absolute atomic E-state index is 0.0927. The quantitative estimate of drug-likeness (QED) is 0.576. The lowest BCUT2D eigenvalue weighted by Gasteiger charge is -2.11. The molecule has 0 radical (unpaired) electrons. The number of anilines is 2. The van der Waals surface area contributed by atoms with Gasteiger partial charge in [0.25, 0.3) is 11.8 Å². The third-order valence-corrected chi connectivity index (χ3v) is 4.96. The lowest BCUT2D eigenvalue weighted by atomic mass is 10.1. The van der Waals surface area contributed by atoms with Crippen LogP contribution in [0.25, 0.3) is 6.08 Å². The molecule has 0 saturated carbocycles. The number of ether oxygens (including phenoxy) is 1. The van der Waals surface area contributed by atoms with E-state index in [0.29, 0.717) is 17.0 Å². The van der Waals surface area contributed by atoms with Crippen LogP contribution in [-0.4, -0.2) is 24.1 Å². The van der Waals surface area contributed by atoms with Gasteiger partial charge in [0.05, 0.1) is 17.0 Å². The molecule has 0 aromatic heterocycles. The molecule has 0 saturated heterocycles. The maximum atomic E-state index is 12.8. The van der Waals surface area contributed by atoms with Crippen LogP contribution in [0.15, 0.2) is 89.5 Å². The van der Waals surface area contributed by atoms with Gasteiger partial charge in [-0.15, -0.1) is 0 Å². The molecule has 32 heavy (non-hydrogen) atoms. The highest BCUT2D eigenvalue weighted by Crippen LogP contribution is 2.25. The number of hydrogen-bond acceptors (Lipinski definition) is 4. The first-order chi connectivity index (χ1) is 15.5. The lowest BCUT2D eigenvalue weighted by molar-refractivity contribution is -0.118. The molecule has 1 aliphatic rings. The van der Waals surface area contributed by atoms with Gasteiger partial charge in [-0.2, -0.15) is 10.1 Å². The molecule has 6 heteroatoms. The summed E-state index contributed by atoms with van der Waals surface area (Å²) in [6.07, 6.45) is 1.80. The SMILES string of the molecule is CC1=NN(c2ccccc2)C(=O)C1=Cc1ccc(OCC(=O)Nc2ccc(C)cc2)cc1. The molecule has 0 aliphatic carbocycles. The van der Waals surface area contributed by atoms with Gasteiger partial charge in [0, 0.05) is 5.69 Å². The maximum absolute atomic E-state index is 12.8. The fourth-order valence-corrected chi connectivity index (χ4v) is 3.24. The molecule has 1 aliphatic heterocycles. The Morgan fingerprint density at radius 1 is 0.969 bits per heavy atom. The topological polar surface area (TPSA) is 71.0 Å². The fourth-order valence-electron chi connectivity index (χ4n) is 3.24. The molecule has 0 spiro atoms. The Labute approximate surface area is 186 Å². The van der Waals surface area contributed by atoms with Crippen molar-refractivity contribution in [3.8, 4) is 5.75 Å². The number of nitrogens with one attached hydrogen (secondary N) is 1. The highest BCUT2D eigenvalue weighted by molar-refractivity contribution is 6.32. The summed E-state index contributed by atoms with van der Waals surface area (Å²) >= 11 is 0. The Hall–Kier alpha value is -4.19. The maximum Gasteiger partial charge on any atom is 0.280 e. The summed E-state index contributed by atoms with van der Waals surface area (Å²) in [7, 11) is 0. The van der Waals surface area contributed by atoms with Crippen molar-refractivity contribution in [2.45, 2.75) is 13.8 Å². The second-order valence-electron chi connectivity index (χ2n) is 7.47. The molecule has 3 aromatic rings. The van der Waals surface area contributed by atoms with Gasteiger partial charge in [-0.25, -0.2) is 0 Å². The monoisotopic (exact) mass is 425 g/mol. The van der Waals surface area contributed by atoms with E-state index in [2.05, 4.69) is 10.4 Å². The number of aryl methyl sites for hydroxylation is 1. The van der Waals surface area contributed by atoms with E-state index in [4.69, 9.17) is 4.74 Å². The average molecular weight is 425 g/mol. The largest absolute Gasteiger partial charge is 0.484 e. The van der Waals surface area contributed by atoms with E-state index in [0.717, 1.165) is 22.5 Å². The second kappa shape index (κ2) is 9.31. The van der Waals surface area contributed by atoms with Gasteiger partial charge in [-0.3, -0.25) is 9.59 Å². The molecule has 0 bridgehead atoms. The van der Waals surface area contributed by atoms with Gasteiger partial charge < -0.3 is 10.1 Å². The first-order valence-corrected chi connectivity index (χ1v) is 10.3. The number of carbonyl (C=O) groups excluding carboxylic acids is 2. The van der Waals surface area contributed by atoms with E-state index < -0.39 is 0 Å². The Bertz CT molecular complexity index is 1180. The zero-order valence-electron chi connectivity index (χ0n) is 17.9. The van der Waals surface area contributed by atoms with E-state index in [1.807, 2.05) is 80.6 Å². The smallest absolute Gasteiger partial charge is 0.280 e. The van der Waals surface area contributed by atoms with Crippen LogP contribution < -0.4 is 15.1 Å². The van der Waals surface area contributed by atoms with Gasteiger partial charge in [0.2, 0.25) is 0 Å². The second-order valence-corrected chi connectivity index (χ2v) is 7.47. The molecular formula is C26H23N3O3. The summed E-state index contributed by atoms with van der Waals surface area (Å²) < 4.78 is 5.57. The van der Waals surface area contributed by atoms with Crippen molar-refractivity contribution in [1.82, 2.24) is 0 Å². The lowest BCUT2D eigenvalue weighted by Crippen LogP contribution is -2.21. The van der Waals surface area contributed by atoms with Gasteiger partial charge >= 0.3 is 0 Å². The Morgan fingerprint density at radius 2 is 1.66 bits per heavy atom. The number of benzene rings is 3. The van der Waals surface area contributed by atoms with Gasteiger partial charge in [-0.05, 0) is 61.9 Å². The minimum atomic E-state index is -0.232. The van der Waals surface area contributed by atoms with E-state index in [-0.39, 0.29) is 18.4 Å². The summed E-state index contributed by atoms with van der Waals surface area (Å²) in [5.74, 6) is 0.173. The molecule has 0 fully saturated rings. The molecule has 6 nitrogen and oxygen atoms in total. The Morgan fingerprint density at radius 3 is 2.34 bits per heavy atom. The molecule has 1 N–H and O–H groups in total. The Kier molecular flexibility index (Phi) is 6.12. The molecule has 3 aromatic carbocycles. The highest BCUT2D eigenvalue weighted by atomic mass is 16.5. The minimum Gasteiger partial charge on any atom is -0.484 e. The highest BCUT2D eigenvalue weighted by Gasteiger charge is 2.28. The normalized spacial score (nSPS) is 14.4.